The maximum absolute atomic E-state index is 14.1. The second-order valence-corrected chi connectivity index (χ2v) is 5.37. The van der Waals surface area contributed by atoms with Gasteiger partial charge in [0.05, 0.1) is 5.69 Å². The van der Waals surface area contributed by atoms with Crippen LogP contribution in [0.5, 0.6) is 0 Å². The summed E-state index contributed by atoms with van der Waals surface area (Å²) in [5.41, 5.74) is 1.23. The molecule has 0 spiro atoms. The number of benzene rings is 1. The van der Waals surface area contributed by atoms with Crippen LogP contribution in [-0.4, -0.2) is 23.7 Å². The summed E-state index contributed by atoms with van der Waals surface area (Å²) in [6.45, 7) is 0.950. The highest BCUT2D eigenvalue weighted by Gasteiger charge is 2.38. The van der Waals surface area contributed by atoms with Crippen LogP contribution in [0.15, 0.2) is 24.3 Å². The lowest BCUT2D eigenvalue weighted by atomic mass is 10.1. The molecule has 1 aromatic carbocycles. The third-order valence-electron chi connectivity index (χ3n) is 4.11. The molecule has 2 unspecified atom stereocenters. The molecule has 2 fully saturated rings. The number of halogens is 1. The van der Waals surface area contributed by atoms with Gasteiger partial charge in [-0.25, -0.2) is 9.18 Å². The molecule has 1 aliphatic carbocycles. The lowest BCUT2D eigenvalue weighted by Crippen LogP contribution is -2.32. The van der Waals surface area contributed by atoms with Gasteiger partial charge in [-0.05, 0) is 49.0 Å². The number of fused-ring (bicyclic) bond motifs is 2. The molecule has 3 nitrogen and oxygen atoms in total. The van der Waals surface area contributed by atoms with Crippen molar-refractivity contribution in [3.8, 4) is 0 Å². The first-order valence-electron chi connectivity index (χ1n) is 6.60. The first-order valence-corrected chi connectivity index (χ1v) is 6.60. The zero-order valence-electron chi connectivity index (χ0n) is 10.6. The number of rotatable bonds is 3. The largest absolute Gasteiger partial charge is 0.478 e. The molecule has 100 valence electrons. The minimum atomic E-state index is -1.03. The number of carbonyl (C=O) groups is 1. The summed E-state index contributed by atoms with van der Waals surface area (Å²) in [6.07, 6.45) is 6.03. The van der Waals surface area contributed by atoms with Crippen LogP contribution in [0.2, 0.25) is 0 Å². The minimum absolute atomic E-state index is 0.264. The molecule has 1 aromatic rings. The van der Waals surface area contributed by atoms with Crippen molar-refractivity contribution in [2.45, 2.75) is 25.3 Å². The van der Waals surface area contributed by atoms with Gasteiger partial charge in [0.1, 0.15) is 5.82 Å². The fraction of sp³-hybridized carbons (Fsp3) is 0.400. The Bertz CT molecular complexity index is 541. The van der Waals surface area contributed by atoms with Gasteiger partial charge in [-0.1, -0.05) is 6.07 Å². The predicted molar refractivity (Wildman–Crippen MR) is 71.5 cm³/mol. The van der Waals surface area contributed by atoms with E-state index in [1.165, 1.54) is 25.0 Å². The van der Waals surface area contributed by atoms with E-state index >= 15 is 0 Å². The van der Waals surface area contributed by atoms with E-state index in [-0.39, 0.29) is 5.82 Å². The molecule has 1 saturated carbocycles. The molecule has 19 heavy (non-hydrogen) atoms. The van der Waals surface area contributed by atoms with Gasteiger partial charge < -0.3 is 10.0 Å². The monoisotopic (exact) mass is 261 g/mol. The van der Waals surface area contributed by atoms with Gasteiger partial charge in [0.2, 0.25) is 0 Å². The van der Waals surface area contributed by atoms with Gasteiger partial charge in [-0.15, -0.1) is 0 Å². The fourth-order valence-electron chi connectivity index (χ4n) is 3.25. The van der Waals surface area contributed by atoms with Gasteiger partial charge in [0.15, 0.2) is 0 Å². The van der Waals surface area contributed by atoms with Crippen molar-refractivity contribution in [2.24, 2.45) is 5.92 Å². The Balaban J connectivity index is 1.82. The van der Waals surface area contributed by atoms with Crippen LogP contribution in [0.1, 0.15) is 24.8 Å². The van der Waals surface area contributed by atoms with Crippen LogP contribution in [-0.2, 0) is 4.79 Å². The number of carboxylic acid groups (broad SMARTS) is 1. The summed E-state index contributed by atoms with van der Waals surface area (Å²) in [6, 6.07) is 5.42. The molecule has 3 rings (SSSR count). The fourth-order valence-corrected chi connectivity index (χ4v) is 3.25. The maximum Gasteiger partial charge on any atom is 0.328 e. The Hall–Kier alpha value is -1.84. The van der Waals surface area contributed by atoms with Crippen molar-refractivity contribution in [1.82, 2.24) is 0 Å². The zero-order valence-corrected chi connectivity index (χ0v) is 10.6. The first kappa shape index (κ1) is 12.2. The average molecular weight is 261 g/mol. The molecule has 0 radical (unpaired) electrons. The molecular weight excluding hydrogens is 245 g/mol. The highest BCUT2D eigenvalue weighted by atomic mass is 19.1. The van der Waals surface area contributed by atoms with E-state index in [0.717, 1.165) is 25.0 Å². The van der Waals surface area contributed by atoms with E-state index < -0.39 is 5.97 Å². The van der Waals surface area contributed by atoms with Gasteiger partial charge in [0, 0.05) is 18.7 Å². The molecule has 0 amide bonds. The third kappa shape index (κ3) is 2.35. The van der Waals surface area contributed by atoms with E-state index in [2.05, 4.69) is 4.90 Å². The number of piperidine rings is 1. The summed E-state index contributed by atoms with van der Waals surface area (Å²) in [4.78, 5) is 12.6. The summed E-state index contributed by atoms with van der Waals surface area (Å²) >= 11 is 0. The number of hydrogen-bond acceptors (Lipinski definition) is 2. The molecular formula is C15H16FNO2. The Labute approximate surface area is 111 Å². The SMILES string of the molecule is O=C(O)C=Cc1ccc(N2CC3CCC2C3)c(F)c1. The second kappa shape index (κ2) is 4.68. The van der Waals surface area contributed by atoms with Crippen LogP contribution in [0, 0.1) is 11.7 Å². The summed E-state index contributed by atoms with van der Waals surface area (Å²) in [7, 11) is 0. The van der Waals surface area contributed by atoms with Crippen molar-refractivity contribution < 1.29 is 14.3 Å². The smallest absolute Gasteiger partial charge is 0.328 e. The Morgan fingerprint density at radius 2 is 2.26 bits per heavy atom. The van der Waals surface area contributed by atoms with E-state index in [0.29, 0.717) is 17.3 Å². The standard InChI is InChI=1S/C15H16FNO2/c16-13-8-10(3-6-15(18)19)2-5-14(13)17-9-11-1-4-12(17)7-11/h2-3,5-6,8,11-12H,1,4,7,9H2,(H,18,19). The minimum Gasteiger partial charge on any atom is -0.478 e. The van der Waals surface area contributed by atoms with E-state index in [1.807, 2.05) is 0 Å². The molecule has 4 heteroatoms. The van der Waals surface area contributed by atoms with E-state index in [1.54, 1.807) is 12.1 Å². The maximum atomic E-state index is 14.1. The van der Waals surface area contributed by atoms with Crippen LogP contribution in [0.3, 0.4) is 0 Å². The molecule has 1 N–H and O–H groups in total. The van der Waals surface area contributed by atoms with Crippen molar-refractivity contribution in [3.63, 3.8) is 0 Å². The Morgan fingerprint density at radius 1 is 1.42 bits per heavy atom. The summed E-state index contributed by atoms with van der Waals surface area (Å²) in [5, 5.41) is 8.55. The van der Waals surface area contributed by atoms with Gasteiger partial charge in [-0.3, -0.25) is 0 Å². The quantitative estimate of drug-likeness (QED) is 0.850. The van der Waals surface area contributed by atoms with Crippen molar-refractivity contribution in [1.29, 1.82) is 0 Å². The first-order chi connectivity index (χ1) is 9.13. The van der Waals surface area contributed by atoms with Gasteiger partial charge >= 0.3 is 5.97 Å². The highest BCUT2D eigenvalue weighted by molar-refractivity contribution is 5.85. The number of carboxylic acids is 1. The number of anilines is 1. The predicted octanol–water partition coefficient (Wildman–Crippen LogP) is 2.91. The Morgan fingerprint density at radius 3 is 2.84 bits per heavy atom. The van der Waals surface area contributed by atoms with Crippen LogP contribution in [0.4, 0.5) is 10.1 Å². The summed E-state index contributed by atoms with van der Waals surface area (Å²) < 4.78 is 14.1. The molecule has 0 aromatic heterocycles. The lowest BCUT2D eigenvalue weighted by molar-refractivity contribution is -0.131. The zero-order chi connectivity index (χ0) is 13.4. The average Bonchev–Trinajstić information content (AvgIpc) is 2.98. The molecule has 2 atom stereocenters. The van der Waals surface area contributed by atoms with Crippen molar-refractivity contribution in [2.75, 3.05) is 11.4 Å². The molecule has 2 aliphatic rings. The second-order valence-electron chi connectivity index (χ2n) is 5.37. The van der Waals surface area contributed by atoms with Crippen LogP contribution in [0.25, 0.3) is 6.08 Å². The van der Waals surface area contributed by atoms with Crippen molar-refractivity contribution in [3.05, 3.63) is 35.7 Å². The van der Waals surface area contributed by atoms with Crippen LogP contribution >= 0.6 is 0 Å². The lowest BCUT2D eigenvalue weighted by Gasteiger charge is -2.29. The van der Waals surface area contributed by atoms with E-state index in [4.69, 9.17) is 5.11 Å². The van der Waals surface area contributed by atoms with Crippen LogP contribution < -0.4 is 4.90 Å². The van der Waals surface area contributed by atoms with Gasteiger partial charge in [-0.2, -0.15) is 0 Å². The molecule has 1 saturated heterocycles. The Kier molecular flexibility index (Phi) is 3.01. The summed E-state index contributed by atoms with van der Waals surface area (Å²) in [5.74, 6) is -0.572. The number of aliphatic carboxylic acids is 1. The van der Waals surface area contributed by atoms with E-state index in [9.17, 15) is 9.18 Å². The van der Waals surface area contributed by atoms with Gasteiger partial charge in [0.25, 0.3) is 0 Å². The molecule has 2 bridgehead atoms. The normalized spacial score (nSPS) is 25.4. The molecule has 1 aliphatic heterocycles. The third-order valence-corrected chi connectivity index (χ3v) is 4.11. The topological polar surface area (TPSA) is 40.5 Å². The number of nitrogens with zero attached hydrogens (tertiary/aromatic N) is 1. The molecule has 1 heterocycles. The van der Waals surface area contributed by atoms with Crippen molar-refractivity contribution >= 4 is 17.7 Å². The number of hydrogen-bond donors (Lipinski definition) is 1. The highest BCUT2D eigenvalue weighted by Crippen LogP contribution is 2.41.